The molecule has 1 aromatic rings. The van der Waals surface area contributed by atoms with Crippen LogP contribution in [0.5, 0.6) is 0 Å². The Morgan fingerprint density at radius 2 is 1.86 bits per heavy atom. The lowest BCUT2D eigenvalue weighted by molar-refractivity contribution is -0.144. The van der Waals surface area contributed by atoms with Gasteiger partial charge in [0.15, 0.2) is 0 Å². The number of methoxy groups -OCH3 is 1. The van der Waals surface area contributed by atoms with E-state index in [0.29, 0.717) is 11.1 Å². The minimum Gasteiger partial charge on any atom is -0.467 e. The number of benzene rings is 1. The monoisotopic (exact) mass is 300 g/mol. The molecule has 5 nitrogen and oxygen atoms in total. The topological polar surface area (TPSA) is 79.2 Å². The Balaban J connectivity index is 2.09. The largest absolute Gasteiger partial charge is 0.467 e. The number of nitrogens with one attached hydrogen (secondary N) is 1. The van der Waals surface area contributed by atoms with E-state index < -0.39 is 12.0 Å². The molecule has 2 rings (SSSR count). The van der Waals surface area contributed by atoms with Crippen molar-refractivity contribution in [3.63, 3.8) is 0 Å². The molecule has 0 spiro atoms. The summed E-state index contributed by atoms with van der Waals surface area (Å²) >= 11 is 0. The van der Waals surface area contributed by atoms with Crippen LogP contribution in [0.25, 0.3) is 0 Å². The fourth-order valence-corrected chi connectivity index (χ4v) is 2.88. The molecule has 0 aromatic heterocycles. The summed E-state index contributed by atoms with van der Waals surface area (Å²) in [6, 6.07) is 7.75. The highest BCUT2D eigenvalue weighted by Gasteiger charge is 2.31. The van der Waals surface area contributed by atoms with Gasteiger partial charge in [-0.25, -0.2) is 4.79 Å². The Morgan fingerprint density at radius 1 is 1.23 bits per heavy atom. The van der Waals surface area contributed by atoms with E-state index in [2.05, 4.69) is 5.32 Å². The molecule has 5 heteroatoms. The first-order chi connectivity index (χ1) is 10.7. The van der Waals surface area contributed by atoms with Gasteiger partial charge in [-0.15, -0.1) is 0 Å². The normalized spacial score (nSPS) is 16.4. The van der Waals surface area contributed by atoms with Crippen LogP contribution < -0.4 is 5.32 Å². The summed E-state index contributed by atoms with van der Waals surface area (Å²) in [6.07, 6.45) is 5.17. The van der Waals surface area contributed by atoms with Gasteiger partial charge in [-0.2, -0.15) is 5.26 Å². The second-order valence-corrected chi connectivity index (χ2v) is 5.56. The van der Waals surface area contributed by atoms with Crippen molar-refractivity contribution < 1.29 is 14.3 Å². The Kier molecular flexibility index (Phi) is 5.54. The number of rotatable bonds is 4. The fraction of sp³-hybridized carbons (Fsp3) is 0.471. The number of hydrogen-bond donors (Lipinski definition) is 1. The van der Waals surface area contributed by atoms with Crippen molar-refractivity contribution in [2.75, 3.05) is 7.11 Å². The molecule has 0 bridgehead atoms. The summed E-state index contributed by atoms with van der Waals surface area (Å²) in [4.78, 5) is 24.3. The zero-order valence-corrected chi connectivity index (χ0v) is 12.7. The van der Waals surface area contributed by atoms with Crippen LogP contribution in [0.1, 0.15) is 48.0 Å². The van der Waals surface area contributed by atoms with E-state index in [4.69, 9.17) is 10.00 Å². The quantitative estimate of drug-likeness (QED) is 0.866. The zero-order valence-electron chi connectivity index (χ0n) is 12.7. The molecular weight excluding hydrogens is 280 g/mol. The van der Waals surface area contributed by atoms with Crippen molar-refractivity contribution in [3.05, 3.63) is 35.4 Å². The minimum atomic E-state index is -0.603. The molecule has 0 saturated heterocycles. The van der Waals surface area contributed by atoms with Crippen LogP contribution in [0.3, 0.4) is 0 Å². The van der Waals surface area contributed by atoms with Crippen molar-refractivity contribution in [2.24, 2.45) is 5.92 Å². The van der Waals surface area contributed by atoms with Crippen LogP contribution in [0.4, 0.5) is 0 Å². The molecule has 1 atom stereocenters. The first-order valence-corrected chi connectivity index (χ1v) is 7.54. The Labute approximate surface area is 130 Å². The Morgan fingerprint density at radius 3 is 2.41 bits per heavy atom. The van der Waals surface area contributed by atoms with Crippen molar-refractivity contribution in [3.8, 4) is 6.07 Å². The van der Waals surface area contributed by atoms with E-state index in [0.717, 1.165) is 25.7 Å². The van der Waals surface area contributed by atoms with Gasteiger partial charge in [0.25, 0.3) is 5.91 Å². The first kappa shape index (κ1) is 16.0. The van der Waals surface area contributed by atoms with Gasteiger partial charge >= 0.3 is 5.97 Å². The summed E-state index contributed by atoms with van der Waals surface area (Å²) in [5, 5.41) is 11.6. The van der Waals surface area contributed by atoms with Crippen LogP contribution in [0.2, 0.25) is 0 Å². The van der Waals surface area contributed by atoms with Gasteiger partial charge in [0.05, 0.1) is 18.7 Å². The van der Waals surface area contributed by atoms with Crippen LogP contribution in [-0.4, -0.2) is 25.0 Å². The molecule has 1 aliphatic carbocycles. The molecule has 1 N–H and O–H groups in total. The lowest BCUT2D eigenvalue weighted by Crippen LogP contribution is -2.47. The maximum Gasteiger partial charge on any atom is 0.328 e. The molecule has 1 aromatic carbocycles. The van der Waals surface area contributed by atoms with Gasteiger partial charge in [-0.3, -0.25) is 4.79 Å². The number of carbonyl (C=O) groups is 2. The van der Waals surface area contributed by atoms with Crippen LogP contribution in [-0.2, 0) is 9.53 Å². The maximum absolute atomic E-state index is 12.3. The van der Waals surface area contributed by atoms with Gasteiger partial charge in [0, 0.05) is 5.56 Å². The average molecular weight is 300 g/mol. The van der Waals surface area contributed by atoms with E-state index in [9.17, 15) is 9.59 Å². The van der Waals surface area contributed by atoms with Gasteiger partial charge < -0.3 is 10.1 Å². The Hall–Kier alpha value is -2.35. The van der Waals surface area contributed by atoms with Gasteiger partial charge in [0.2, 0.25) is 0 Å². The number of nitrogens with zero attached hydrogens (tertiary/aromatic N) is 1. The van der Waals surface area contributed by atoms with E-state index in [1.165, 1.54) is 13.5 Å². The van der Waals surface area contributed by atoms with Gasteiger partial charge in [0.1, 0.15) is 6.04 Å². The zero-order chi connectivity index (χ0) is 15.9. The standard InChI is InChI=1S/C17H20N2O3/c1-22-17(21)15(13-5-3-2-4-6-13)19-16(20)14-9-7-12(11-18)8-10-14/h7-10,13,15H,2-6H2,1H3,(H,19,20)/t15-/m0/s1. The smallest absolute Gasteiger partial charge is 0.328 e. The number of carbonyl (C=O) groups excluding carboxylic acids is 2. The van der Waals surface area contributed by atoms with E-state index in [1.807, 2.05) is 6.07 Å². The molecule has 1 amide bonds. The molecule has 0 radical (unpaired) electrons. The van der Waals surface area contributed by atoms with Gasteiger partial charge in [-0.1, -0.05) is 19.3 Å². The van der Waals surface area contributed by atoms with E-state index >= 15 is 0 Å². The van der Waals surface area contributed by atoms with Crippen molar-refractivity contribution in [1.29, 1.82) is 5.26 Å². The molecule has 0 heterocycles. The molecule has 0 unspecified atom stereocenters. The molecule has 1 saturated carbocycles. The number of amides is 1. The summed E-state index contributed by atoms with van der Waals surface area (Å²) in [5.74, 6) is -0.581. The predicted octanol–water partition coefficient (Wildman–Crippen LogP) is 2.41. The van der Waals surface area contributed by atoms with Crippen molar-refractivity contribution >= 4 is 11.9 Å². The van der Waals surface area contributed by atoms with Crippen molar-refractivity contribution in [1.82, 2.24) is 5.32 Å². The minimum absolute atomic E-state index is 0.128. The summed E-state index contributed by atoms with van der Waals surface area (Å²) in [6.45, 7) is 0. The van der Waals surface area contributed by atoms with E-state index in [1.54, 1.807) is 24.3 Å². The molecule has 22 heavy (non-hydrogen) atoms. The second kappa shape index (κ2) is 7.60. The fourth-order valence-electron chi connectivity index (χ4n) is 2.88. The first-order valence-electron chi connectivity index (χ1n) is 7.54. The number of ether oxygens (including phenoxy) is 1. The summed E-state index contributed by atoms with van der Waals surface area (Å²) < 4.78 is 4.84. The van der Waals surface area contributed by atoms with Crippen LogP contribution in [0.15, 0.2) is 24.3 Å². The third kappa shape index (κ3) is 3.85. The average Bonchev–Trinajstić information content (AvgIpc) is 2.59. The van der Waals surface area contributed by atoms with Crippen molar-refractivity contribution in [2.45, 2.75) is 38.1 Å². The second-order valence-electron chi connectivity index (χ2n) is 5.56. The highest BCUT2D eigenvalue weighted by atomic mass is 16.5. The lowest BCUT2D eigenvalue weighted by atomic mass is 9.83. The maximum atomic E-state index is 12.3. The SMILES string of the molecule is COC(=O)[C@@H](NC(=O)c1ccc(C#N)cc1)C1CCCCC1. The number of hydrogen-bond acceptors (Lipinski definition) is 4. The highest BCUT2D eigenvalue weighted by molar-refractivity contribution is 5.96. The number of nitriles is 1. The van der Waals surface area contributed by atoms with Crippen LogP contribution in [0, 0.1) is 17.2 Å². The molecular formula is C17H20N2O3. The lowest BCUT2D eigenvalue weighted by Gasteiger charge is -2.29. The Bertz CT molecular complexity index is 569. The molecule has 1 fully saturated rings. The van der Waals surface area contributed by atoms with Crippen LogP contribution >= 0.6 is 0 Å². The van der Waals surface area contributed by atoms with E-state index in [-0.39, 0.29) is 11.8 Å². The molecule has 116 valence electrons. The molecule has 1 aliphatic rings. The van der Waals surface area contributed by atoms with Gasteiger partial charge in [-0.05, 0) is 43.0 Å². The summed E-state index contributed by atoms with van der Waals surface area (Å²) in [7, 11) is 1.34. The third-order valence-electron chi connectivity index (χ3n) is 4.14. The third-order valence-corrected chi connectivity index (χ3v) is 4.14. The number of esters is 1. The summed E-state index contributed by atoms with van der Waals surface area (Å²) in [5.41, 5.74) is 0.928. The molecule has 0 aliphatic heterocycles. The highest BCUT2D eigenvalue weighted by Crippen LogP contribution is 2.27. The predicted molar refractivity (Wildman–Crippen MR) is 81.0 cm³/mol.